The number of nitrogens with zero attached hydrogens (tertiary/aromatic N) is 2. The number of imidazole rings is 1. The van der Waals surface area contributed by atoms with Crippen molar-refractivity contribution < 1.29 is 0 Å². The van der Waals surface area contributed by atoms with Gasteiger partial charge in [-0.2, -0.15) is 11.8 Å². The van der Waals surface area contributed by atoms with Crippen molar-refractivity contribution in [3.8, 4) is 0 Å². The lowest BCUT2D eigenvalue weighted by Gasteiger charge is -2.21. The molecule has 0 spiro atoms. The van der Waals surface area contributed by atoms with Crippen molar-refractivity contribution in [2.45, 2.75) is 26.3 Å². The van der Waals surface area contributed by atoms with E-state index in [9.17, 15) is 0 Å². The van der Waals surface area contributed by atoms with Gasteiger partial charge in [0.1, 0.15) is 0 Å². The molecule has 96 valence electrons. The first-order valence-corrected chi connectivity index (χ1v) is 7.94. The van der Waals surface area contributed by atoms with Crippen molar-refractivity contribution in [1.82, 2.24) is 14.5 Å². The second-order valence-corrected chi connectivity index (χ2v) is 6.53. The number of hydrogen-bond donors (Lipinski definition) is 1. The number of aromatic nitrogens is 3. The molecule has 2 aromatic rings. The summed E-state index contributed by atoms with van der Waals surface area (Å²) in [7, 11) is 0. The fraction of sp³-hybridized carbons (Fsp3) is 0.538. The van der Waals surface area contributed by atoms with Gasteiger partial charge in [0.2, 0.25) is 0 Å². The molecule has 5 heteroatoms. The third kappa shape index (κ3) is 2.34. The SMILES string of the molecule is Cc1ccc2[nH]c(=S)n(CC3CCSCC3)c2n1. The van der Waals surface area contributed by atoms with Crippen molar-refractivity contribution in [3.63, 3.8) is 0 Å². The highest BCUT2D eigenvalue weighted by Gasteiger charge is 2.16. The van der Waals surface area contributed by atoms with Crippen LogP contribution in [-0.4, -0.2) is 26.0 Å². The molecule has 0 amide bonds. The zero-order chi connectivity index (χ0) is 12.5. The maximum Gasteiger partial charge on any atom is 0.179 e. The Morgan fingerprint density at radius 2 is 2.22 bits per heavy atom. The second-order valence-electron chi connectivity index (χ2n) is 4.92. The van der Waals surface area contributed by atoms with Gasteiger partial charge in [-0.1, -0.05) is 0 Å². The highest BCUT2D eigenvalue weighted by molar-refractivity contribution is 7.99. The third-order valence-corrected chi connectivity index (χ3v) is 4.91. The van der Waals surface area contributed by atoms with E-state index in [0.717, 1.165) is 34.1 Å². The lowest BCUT2D eigenvalue weighted by Crippen LogP contribution is -2.16. The Kier molecular flexibility index (Phi) is 3.43. The summed E-state index contributed by atoms with van der Waals surface area (Å²) in [5.74, 6) is 3.32. The Morgan fingerprint density at radius 3 is 3.00 bits per heavy atom. The van der Waals surface area contributed by atoms with Gasteiger partial charge in [-0.15, -0.1) is 0 Å². The summed E-state index contributed by atoms with van der Waals surface area (Å²) < 4.78 is 2.99. The van der Waals surface area contributed by atoms with E-state index in [1.807, 2.05) is 13.0 Å². The number of nitrogens with one attached hydrogen (secondary N) is 1. The quantitative estimate of drug-likeness (QED) is 0.854. The Hall–Kier alpha value is -0.810. The van der Waals surface area contributed by atoms with E-state index >= 15 is 0 Å². The van der Waals surface area contributed by atoms with Crippen LogP contribution in [0.5, 0.6) is 0 Å². The van der Waals surface area contributed by atoms with Gasteiger partial charge in [0, 0.05) is 12.2 Å². The molecule has 0 bridgehead atoms. The van der Waals surface area contributed by atoms with Crippen LogP contribution in [0.2, 0.25) is 0 Å². The third-order valence-electron chi connectivity index (χ3n) is 3.54. The Balaban J connectivity index is 1.97. The summed E-state index contributed by atoms with van der Waals surface area (Å²) in [6.45, 7) is 3.03. The normalized spacial score (nSPS) is 17.4. The molecule has 0 radical (unpaired) electrons. The zero-order valence-electron chi connectivity index (χ0n) is 10.5. The first kappa shape index (κ1) is 12.2. The predicted molar refractivity (Wildman–Crippen MR) is 79.7 cm³/mol. The fourth-order valence-electron chi connectivity index (χ4n) is 2.48. The molecule has 3 rings (SSSR count). The van der Waals surface area contributed by atoms with Crippen LogP contribution < -0.4 is 0 Å². The number of hydrogen-bond acceptors (Lipinski definition) is 3. The lowest BCUT2D eigenvalue weighted by atomic mass is 10.0. The Morgan fingerprint density at radius 1 is 1.44 bits per heavy atom. The lowest BCUT2D eigenvalue weighted by molar-refractivity contribution is 0.419. The van der Waals surface area contributed by atoms with Crippen LogP contribution in [0.4, 0.5) is 0 Å². The van der Waals surface area contributed by atoms with Gasteiger partial charge in [0.15, 0.2) is 10.4 Å². The van der Waals surface area contributed by atoms with Crippen molar-refractivity contribution in [3.05, 3.63) is 22.6 Å². The van der Waals surface area contributed by atoms with Crippen molar-refractivity contribution in [2.24, 2.45) is 5.92 Å². The van der Waals surface area contributed by atoms with Crippen LogP contribution in [-0.2, 0) is 6.54 Å². The smallest absolute Gasteiger partial charge is 0.179 e. The van der Waals surface area contributed by atoms with E-state index in [4.69, 9.17) is 12.2 Å². The summed E-state index contributed by atoms with van der Waals surface area (Å²) in [6.07, 6.45) is 2.59. The number of aryl methyl sites for hydroxylation is 1. The molecule has 1 fully saturated rings. The van der Waals surface area contributed by atoms with Crippen LogP contribution in [0.3, 0.4) is 0 Å². The number of aromatic amines is 1. The molecular formula is C13H17N3S2. The van der Waals surface area contributed by atoms with Crippen molar-refractivity contribution in [1.29, 1.82) is 0 Å². The molecule has 0 saturated carbocycles. The summed E-state index contributed by atoms with van der Waals surface area (Å²) >= 11 is 7.49. The Labute approximate surface area is 116 Å². The molecule has 1 saturated heterocycles. The van der Waals surface area contributed by atoms with Crippen molar-refractivity contribution >= 4 is 35.1 Å². The highest BCUT2D eigenvalue weighted by Crippen LogP contribution is 2.25. The van der Waals surface area contributed by atoms with Crippen LogP contribution in [0.25, 0.3) is 11.2 Å². The number of fused-ring (bicyclic) bond motifs is 1. The first-order valence-electron chi connectivity index (χ1n) is 6.38. The Bertz CT molecular complexity index is 608. The molecule has 2 aromatic heterocycles. The van der Waals surface area contributed by atoms with E-state index in [2.05, 4.69) is 32.4 Å². The molecule has 1 N–H and O–H groups in total. The largest absolute Gasteiger partial charge is 0.329 e. The molecule has 0 aromatic carbocycles. The van der Waals surface area contributed by atoms with E-state index in [-0.39, 0.29) is 0 Å². The van der Waals surface area contributed by atoms with Crippen molar-refractivity contribution in [2.75, 3.05) is 11.5 Å². The van der Waals surface area contributed by atoms with E-state index in [1.54, 1.807) is 0 Å². The van der Waals surface area contributed by atoms with Gasteiger partial charge in [-0.05, 0) is 61.5 Å². The molecule has 3 nitrogen and oxygen atoms in total. The number of rotatable bonds is 2. The van der Waals surface area contributed by atoms with E-state index in [0.29, 0.717) is 0 Å². The predicted octanol–water partition coefficient (Wildman–Crippen LogP) is 3.55. The van der Waals surface area contributed by atoms with E-state index < -0.39 is 0 Å². The zero-order valence-corrected chi connectivity index (χ0v) is 12.1. The maximum absolute atomic E-state index is 5.43. The number of pyridine rings is 1. The van der Waals surface area contributed by atoms with Crippen LogP contribution in [0, 0.1) is 17.6 Å². The topological polar surface area (TPSA) is 33.6 Å². The first-order chi connectivity index (χ1) is 8.74. The minimum Gasteiger partial charge on any atom is -0.329 e. The van der Waals surface area contributed by atoms with Gasteiger partial charge < -0.3 is 9.55 Å². The average Bonchev–Trinajstić information content (AvgIpc) is 2.67. The fourth-order valence-corrected chi connectivity index (χ4v) is 3.96. The molecule has 0 aliphatic carbocycles. The maximum atomic E-state index is 5.43. The van der Waals surface area contributed by atoms with Crippen LogP contribution >= 0.6 is 24.0 Å². The second kappa shape index (κ2) is 5.05. The van der Waals surface area contributed by atoms with Crippen LogP contribution in [0.15, 0.2) is 12.1 Å². The molecular weight excluding hydrogens is 262 g/mol. The minimum atomic E-state index is 0.749. The molecule has 18 heavy (non-hydrogen) atoms. The average molecular weight is 279 g/mol. The van der Waals surface area contributed by atoms with Gasteiger partial charge in [0.25, 0.3) is 0 Å². The molecule has 0 atom stereocenters. The minimum absolute atomic E-state index is 0.749. The van der Waals surface area contributed by atoms with Gasteiger partial charge in [0.05, 0.1) is 5.52 Å². The van der Waals surface area contributed by atoms with Gasteiger partial charge in [-0.25, -0.2) is 4.98 Å². The van der Waals surface area contributed by atoms with Crippen LogP contribution in [0.1, 0.15) is 18.5 Å². The van der Waals surface area contributed by atoms with Gasteiger partial charge >= 0.3 is 0 Å². The summed E-state index contributed by atoms with van der Waals surface area (Å²) in [5.41, 5.74) is 3.11. The van der Waals surface area contributed by atoms with E-state index in [1.165, 1.54) is 24.3 Å². The number of H-pyrrole nitrogens is 1. The highest BCUT2D eigenvalue weighted by atomic mass is 32.2. The summed E-state index contributed by atoms with van der Waals surface area (Å²) in [5, 5.41) is 0. The number of thioether (sulfide) groups is 1. The van der Waals surface area contributed by atoms with Gasteiger partial charge in [-0.3, -0.25) is 0 Å². The molecule has 1 aliphatic rings. The molecule has 0 unspecified atom stereocenters. The summed E-state index contributed by atoms with van der Waals surface area (Å²) in [6, 6.07) is 4.09. The summed E-state index contributed by atoms with van der Waals surface area (Å²) in [4.78, 5) is 7.88. The standard InChI is InChI=1S/C13H17N3S2/c1-9-2-3-11-12(14-9)16(13(17)15-11)8-10-4-6-18-7-5-10/h2-3,10H,4-8H2,1H3,(H,15,17). The molecule has 3 heterocycles. The monoisotopic (exact) mass is 279 g/mol. The molecule has 1 aliphatic heterocycles.